The summed E-state index contributed by atoms with van der Waals surface area (Å²) in [6.45, 7) is 0. The Hall–Kier alpha value is 2.66. The van der Waals surface area contributed by atoms with Crippen LogP contribution in [-0.2, 0) is 0 Å². The smallest absolute Gasteiger partial charge is 0.545 e. The SMILES string of the molecule is O=C([O-])c1c(O)nsc1S.O=C([O-])c1c(O)nsc1S.O=C([O-])c1c(O)nsc1S.[K+].[K+].[K+]. The van der Waals surface area contributed by atoms with E-state index >= 15 is 0 Å². The molecule has 162 valence electrons. The molecule has 0 atom stereocenters. The van der Waals surface area contributed by atoms with Crippen LogP contribution >= 0.6 is 72.5 Å². The van der Waals surface area contributed by atoms with Gasteiger partial charge in [0.05, 0.1) is 47.2 Å². The van der Waals surface area contributed by atoms with Crippen molar-refractivity contribution in [1.82, 2.24) is 13.1 Å². The summed E-state index contributed by atoms with van der Waals surface area (Å²) in [5, 5.41) is 56.6. The predicted octanol–water partition coefficient (Wildman–Crippen LogP) is -10.5. The molecule has 0 amide bonds. The summed E-state index contributed by atoms with van der Waals surface area (Å²) in [6, 6.07) is 0. The van der Waals surface area contributed by atoms with Gasteiger partial charge in [0, 0.05) is 0 Å². The Morgan fingerprint density at radius 2 is 0.758 bits per heavy atom. The zero-order valence-electron chi connectivity index (χ0n) is 16.7. The molecule has 0 spiro atoms. The van der Waals surface area contributed by atoms with E-state index in [-0.39, 0.29) is 183 Å². The molecule has 21 heteroatoms. The van der Waals surface area contributed by atoms with Crippen molar-refractivity contribution >= 4 is 90.4 Å². The summed E-state index contributed by atoms with van der Waals surface area (Å²) >= 11 is 13.6. The van der Waals surface area contributed by atoms with Crippen molar-refractivity contribution in [3.05, 3.63) is 16.7 Å². The van der Waals surface area contributed by atoms with Crippen LogP contribution in [0.1, 0.15) is 31.1 Å². The van der Waals surface area contributed by atoms with E-state index in [9.17, 15) is 29.7 Å². The van der Waals surface area contributed by atoms with Crippen LogP contribution in [0.2, 0.25) is 0 Å². The fraction of sp³-hybridized carbons (Fsp3) is 0. The number of hydrogen-bond acceptors (Lipinski definition) is 18. The molecule has 0 aliphatic carbocycles. The zero-order chi connectivity index (χ0) is 23.2. The number of nitrogens with zero attached hydrogens (tertiary/aromatic N) is 3. The van der Waals surface area contributed by atoms with Crippen molar-refractivity contribution in [2.24, 2.45) is 0 Å². The van der Waals surface area contributed by atoms with E-state index in [1.54, 1.807) is 0 Å². The largest absolute Gasteiger partial charge is 1.00 e. The first-order valence-electron chi connectivity index (χ1n) is 6.65. The second-order valence-electron chi connectivity index (χ2n) is 4.42. The van der Waals surface area contributed by atoms with Crippen LogP contribution in [0, 0.1) is 0 Å². The summed E-state index contributed by atoms with van der Waals surface area (Å²) < 4.78 is 10.5. The number of hydrogen-bond donors (Lipinski definition) is 6. The van der Waals surface area contributed by atoms with Gasteiger partial charge in [-0.3, -0.25) is 0 Å². The average Bonchev–Trinajstić information content (AvgIpc) is 3.26. The van der Waals surface area contributed by atoms with Gasteiger partial charge in [-0.2, -0.15) is 13.1 Å². The molecule has 0 aromatic carbocycles. The number of carboxylic acid groups (broad SMARTS) is 3. The first kappa shape index (κ1) is 40.2. The van der Waals surface area contributed by atoms with Crippen molar-refractivity contribution in [3.8, 4) is 17.6 Å². The fourth-order valence-corrected chi connectivity index (χ4v) is 3.89. The molecule has 3 aromatic heterocycles. The van der Waals surface area contributed by atoms with E-state index in [1.165, 1.54) is 0 Å². The van der Waals surface area contributed by atoms with Crippen LogP contribution in [0.3, 0.4) is 0 Å². The van der Waals surface area contributed by atoms with Crippen LogP contribution < -0.4 is 169 Å². The number of carbonyl (C=O) groups is 3. The van der Waals surface area contributed by atoms with Gasteiger partial charge in [-0.15, -0.1) is 37.9 Å². The number of thiol groups is 3. The molecule has 12 nitrogen and oxygen atoms in total. The third kappa shape index (κ3) is 12.8. The molecule has 0 fully saturated rings. The molecule has 33 heavy (non-hydrogen) atoms. The first-order valence-corrected chi connectivity index (χ1v) is 10.3. The summed E-state index contributed by atoms with van der Waals surface area (Å²) in [4.78, 5) is 30.5. The van der Waals surface area contributed by atoms with Crippen LogP contribution in [0.25, 0.3) is 0 Å². The Morgan fingerprint density at radius 3 is 0.818 bits per heavy atom. The third-order valence-corrected chi connectivity index (χ3v) is 5.91. The van der Waals surface area contributed by atoms with Crippen molar-refractivity contribution in [2.45, 2.75) is 12.6 Å². The molecular weight excluding hydrogens is 640 g/mol. The molecule has 0 aliphatic rings. The molecule has 0 saturated carbocycles. The van der Waals surface area contributed by atoms with Crippen molar-refractivity contribution < 1.29 is 199 Å². The number of aromatic nitrogens is 3. The summed E-state index contributed by atoms with van der Waals surface area (Å²) in [5.41, 5.74) is -1.02. The molecule has 0 bridgehead atoms. The second kappa shape index (κ2) is 19.7. The second-order valence-corrected chi connectivity index (χ2v) is 8.99. The van der Waals surface area contributed by atoms with Gasteiger partial charge in [0.1, 0.15) is 0 Å². The normalized spacial score (nSPS) is 8.82. The topological polar surface area (TPSA) is 220 Å². The van der Waals surface area contributed by atoms with E-state index in [0.717, 1.165) is 34.6 Å². The Balaban J connectivity index is -0.000000391. The number of aromatic carboxylic acids is 3. The van der Waals surface area contributed by atoms with Crippen LogP contribution in [0.4, 0.5) is 0 Å². The monoisotopic (exact) mass is 645 g/mol. The minimum absolute atomic E-state index is 0. The van der Waals surface area contributed by atoms with Gasteiger partial charge in [0.15, 0.2) is 0 Å². The minimum Gasteiger partial charge on any atom is -0.545 e. The fourth-order valence-electron chi connectivity index (χ4n) is 1.36. The van der Waals surface area contributed by atoms with Crippen molar-refractivity contribution in [3.63, 3.8) is 0 Å². The molecular formula is C12H6K3N3O9S6. The summed E-state index contributed by atoms with van der Waals surface area (Å²) in [5.74, 6) is -5.98. The Morgan fingerprint density at radius 1 is 0.576 bits per heavy atom. The van der Waals surface area contributed by atoms with Crippen molar-refractivity contribution in [1.29, 1.82) is 0 Å². The zero-order valence-corrected chi connectivity index (χ0v) is 31.2. The number of aromatic hydroxyl groups is 3. The van der Waals surface area contributed by atoms with Gasteiger partial charge in [-0.25, -0.2) is 0 Å². The molecule has 3 N–H and O–H groups in total. The van der Waals surface area contributed by atoms with Gasteiger partial charge in [0.2, 0.25) is 17.6 Å². The minimum atomic E-state index is -1.46. The van der Waals surface area contributed by atoms with Crippen LogP contribution in [-0.4, -0.2) is 46.3 Å². The number of carboxylic acids is 3. The molecule has 3 rings (SSSR count). The Labute approximate surface area is 341 Å². The van der Waals surface area contributed by atoms with E-state index in [4.69, 9.17) is 15.3 Å². The van der Waals surface area contributed by atoms with Gasteiger partial charge in [-0.1, -0.05) is 0 Å². The van der Waals surface area contributed by atoms with Gasteiger partial charge in [-0.05, 0) is 34.6 Å². The number of carbonyl (C=O) groups excluding carboxylic acids is 3. The van der Waals surface area contributed by atoms with Crippen LogP contribution in [0.15, 0.2) is 12.6 Å². The van der Waals surface area contributed by atoms with Gasteiger partial charge in [0.25, 0.3) is 0 Å². The van der Waals surface area contributed by atoms with Gasteiger partial charge < -0.3 is 45.0 Å². The summed E-state index contributed by atoms with van der Waals surface area (Å²) in [7, 11) is 0. The first-order chi connectivity index (χ1) is 13.9. The molecule has 0 saturated heterocycles. The quantitative estimate of drug-likeness (QED) is 0.116. The maximum atomic E-state index is 10.2. The molecule has 0 radical (unpaired) electrons. The standard InChI is InChI=1S/3C4H3NO3S2.3K/c3*6-2-1(3(7)8)4(9)10-5-2;;;/h3*9H,(H,5,6)(H,7,8);;;/q;;;3*+1/p-3. The average molecular weight is 646 g/mol. The number of rotatable bonds is 3. The van der Waals surface area contributed by atoms with E-state index in [2.05, 4.69) is 51.0 Å². The van der Waals surface area contributed by atoms with Crippen molar-refractivity contribution in [2.75, 3.05) is 0 Å². The molecule has 3 heterocycles. The van der Waals surface area contributed by atoms with Gasteiger partial charge >= 0.3 is 154 Å². The Kier molecular flexibility index (Phi) is 24.0. The van der Waals surface area contributed by atoms with Crippen LogP contribution in [0.5, 0.6) is 17.6 Å². The molecule has 0 aliphatic heterocycles. The van der Waals surface area contributed by atoms with E-state index < -0.39 is 35.5 Å². The third-order valence-electron chi connectivity index (χ3n) is 2.58. The molecule has 3 aromatic rings. The predicted molar refractivity (Wildman–Crippen MR) is 106 cm³/mol. The summed E-state index contributed by atoms with van der Waals surface area (Å²) in [6.07, 6.45) is 0. The molecule has 0 unspecified atom stereocenters. The maximum absolute atomic E-state index is 10.2. The van der Waals surface area contributed by atoms with E-state index in [1.807, 2.05) is 0 Å². The maximum Gasteiger partial charge on any atom is 1.00 e. The van der Waals surface area contributed by atoms with E-state index in [0.29, 0.717) is 0 Å². The Bertz CT molecular complexity index is 898.